The SMILES string of the molecule is COC(=O)C1=C(C)NC2=C(C(=O)c3ccccc32)[C@H]1c1ccccc1O. The summed E-state index contributed by atoms with van der Waals surface area (Å²) in [6, 6.07) is 14.1. The minimum absolute atomic E-state index is 0.0317. The van der Waals surface area contributed by atoms with Crippen molar-refractivity contribution in [3.05, 3.63) is 82.1 Å². The number of ketones is 1. The molecule has 0 unspecified atom stereocenters. The monoisotopic (exact) mass is 347 g/mol. The number of ether oxygens (including phenoxy) is 1. The number of aromatic hydroxyl groups is 1. The van der Waals surface area contributed by atoms with Gasteiger partial charge >= 0.3 is 5.97 Å². The summed E-state index contributed by atoms with van der Waals surface area (Å²) in [6.07, 6.45) is 0. The van der Waals surface area contributed by atoms with Crippen molar-refractivity contribution < 1.29 is 19.4 Å². The number of nitrogens with one attached hydrogen (secondary N) is 1. The summed E-state index contributed by atoms with van der Waals surface area (Å²) in [6.45, 7) is 1.77. The first-order chi connectivity index (χ1) is 12.5. The Bertz CT molecular complexity index is 1020. The molecule has 1 atom stereocenters. The zero-order valence-electron chi connectivity index (χ0n) is 14.4. The fourth-order valence-electron chi connectivity index (χ4n) is 3.75. The Kier molecular flexibility index (Phi) is 3.65. The number of phenols is 1. The van der Waals surface area contributed by atoms with Crippen LogP contribution >= 0.6 is 0 Å². The number of para-hydroxylation sites is 1. The predicted octanol–water partition coefficient (Wildman–Crippen LogP) is 3.13. The number of phenolic OH excluding ortho intramolecular Hbond substituents is 1. The van der Waals surface area contributed by atoms with Crippen molar-refractivity contribution in [2.45, 2.75) is 12.8 Å². The molecule has 1 heterocycles. The van der Waals surface area contributed by atoms with E-state index in [9.17, 15) is 14.7 Å². The molecule has 26 heavy (non-hydrogen) atoms. The highest BCUT2D eigenvalue weighted by Gasteiger charge is 2.43. The second-order valence-corrected chi connectivity index (χ2v) is 6.31. The number of carbonyl (C=O) groups excluding carboxylic acids is 2. The minimum atomic E-state index is -0.695. The Morgan fingerprint density at radius 2 is 1.73 bits per heavy atom. The van der Waals surface area contributed by atoms with Gasteiger partial charge in [-0.15, -0.1) is 0 Å². The second kappa shape index (κ2) is 5.88. The van der Waals surface area contributed by atoms with E-state index in [1.54, 1.807) is 37.3 Å². The highest BCUT2D eigenvalue weighted by atomic mass is 16.5. The van der Waals surface area contributed by atoms with Gasteiger partial charge in [-0.25, -0.2) is 4.79 Å². The van der Waals surface area contributed by atoms with Crippen molar-refractivity contribution in [1.82, 2.24) is 5.32 Å². The van der Waals surface area contributed by atoms with Crippen LogP contribution in [0.4, 0.5) is 0 Å². The van der Waals surface area contributed by atoms with Crippen molar-refractivity contribution in [2.75, 3.05) is 7.11 Å². The number of carbonyl (C=O) groups is 2. The Labute approximate surface area is 150 Å². The summed E-state index contributed by atoms with van der Waals surface area (Å²) in [5.41, 5.74) is 3.97. The van der Waals surface area contributed by atoms with E-state index in [-0.39, 0.29) is 11.5 Å². The van der Waals surface area contributed by atoms with Crippen LogP contribution in [0, 0.1) is 0 Å². The van der Waals surface area contributed by atoms with Gasteiger partial charge in [-0.1, -0.05) is 42.5 Å². The predicted molar refractivity (Wildman–Crippen MR) is 96.4 cm³/mol. The van der Waals surface area contributed by atoms with Crippen LogP contribution in [0.3, 0.4) is 0 Å². The molecular formula is C21H17NO4. The molecule has 2 aromatic carbocycles. The normalized spacial score (nSPS) is 18.4. The van der Waals surface area contributed by atoms with E-state index < -0.39 is 11.9 Å². The fraction of sp³-hybridized carbons (Fsp3) is 0.143. The largest absolute Gasteiger partial charge is 0.508 e. The summed E-state index contributed by atoms with van der Waals surface area (Å²) in [5, 5.41) is 13.6. The summed E-state index contributed by atoms with van der Waals surface area (Å²) in [5.74, 6) is -1.34. The van der Waals surface area contributed by atoms with Crippen LogP contribution in [0.1, 0.15) is 34.3 Å². The van der Waals surface area contributed by atoms with Crippen LogP contribution in [0.2, 0.25) is 0 Å². The van der Waals surface area contributed by atoms with Gasteiger partial charge in [0.2, 0.25) is 0 Å². The van der Waals surface area contributed by atoms with Gasteiger partial charge in [-0.3, -0.25) is 4.79 Å². The number of hydrogen-bond acceptors (Lipinski definition) is 5. The van der Waals surface area contributed by atoms with Crippen LogP contribution in [-0.2, 0) is 9.53 Å². The third-order valence-electron chi connectivity index (χ3n) is 4.90. The lowest BCUT2D eigenvalue weighted by Gasteiger charge is -2.29. The summed E-state index contributed by atoms with van der Waals surface area (Å²) < 4.78 is 4.96. The molecule has 1 aliphatic heterocycles. The molecule has 0 aromatic heterocycles. The molecule has 0 amide bonds. The lowest BCUT2D eigenvalue weighted by Crippen LogP contribution is -2.29. The molecule has 0 fully saturated rings. The van der Waals surface area contributed by atoms with Gasteiger partial charge in [0, 0.05) is 28.0 Å². The average Bonchev–Trinajstić information content (AvgIpc) is 2.93. The summed E-state index contributed by atoms with van der Waals surface area (Å²) in [4.78, 5) is 25.6. The molecule has 5 heteroatoms. The van der Waals surface area contributed by atoms with Crippen LogP contribution in [0.15, 0.2) is 65.4 Å². The second-order valence-electron chi connectivity index (χ2n) is 6.31. The summed E-state index contributed by atoms with van der Waals surface area (Å²) in [7, 11) is 1.31. The highest BCUT2D eigenvalue weighted by molar-refractivity contribution is 6.23. The lowest BCUT2D eigenvalue weighted by molar-refractivity contribution is -0.136. The molecular weight excluding hydrogens is 330 g/mol. The van der Waals surface area contributed by atoms with E-state index in [2.05, 4.69) is 5.32 Å². The average molecular weight is 347 g/mol. The maximum absolute atomic E-state index is 13.1. The molecule has 5 nitrogen and oxygen atoms in total. The zero-order valence-corrected chi connectivity index (χ0v) is 14.4. The number of fused-ring (bicyclic) bond motifs is 2. The molecule has 4 rings (SSSR count). The van der Waals surface area contributed by atoms with E-state index in [1.807, 2.05) is 18.2 Å². The maximum atomic E-state index is 13.1. The third kappa shape index (κ3) is 2.17. The van der Waals surface area contributed by atoms with Gasteiger partial charge < -0.3 is 15.2 Å². The minimum Gasteiger partial charge on any atom is -0.508 e. The molecule has 0 spiro atoms. The van der Waals surface area contributed by atoms with E-state index in [0.717, 1.165) is 5.56 Å². The number of esters is 1. The highest BCUT2D eigenvalue weighted by Crippen LogP contribution is 2.48. The number of hydrogen-bond donors (Lipinski definition) is 2. The number of dihydropyridines is 1. The molecule has 2 aliphatic rings. The van der Waals surface area contributed by atoms with Crippen molar-refractivity contribution in [3.8, 4) is 5.75 Å². The number of rotatable bonds is 2. The van der Waals surface area contributed by atoms with Crippen LogP contribution < -0.4 is 5.32 Å². The number of benzene rings is 2. The van der Waals surface area contributed by atoms with Crippen molar-refractivity contribution in [1.29, 1.82) is 0 Å². The third-order valence-corrected chi connectivity index (χ3v) is 4.90. The van der Waals surface area contributed by atoms with E-state index >= 15 is 0 Å². The van der Waals surface area contributed by atoms with Crippen LogP contribution in [0.25, 0.3) is 5.70 Å². The molecule has 1 aliphatic carbocycles. The van der Waals surface area contributed by atoms with E-state index in [1.165, 1.54) is 7.11 Å². The molecule has 130 valence electrons. The first-order valence-electron chi connectivity index (χ1n) is 8.26. The first kappa shape index (κ1) is 16.1. The maximum Gasteiger partial charge on any atom is 0.336 e. The molecule has 0 radical (unpaired) electrons. The fourth-order valence-corrected chi connectivity index (χ4v) is 3.75. The van der Waals surface area contributed by atoms with Gasteiger partial charge in [-0.05, 0) is 13.0 Å². The Balaban J connectivity index is 1.99. The molecule has 0 saturated carbocycles. The smallest absolute Gasteiger partial charge is 0.336 e. The number of methoxy groups -OCH3 is 1. The van der Waals surface area contributed by atoms with Gasteiger partial charge in [0.05, 0.1) is 24.3 Å². The van der Waals surface area contributed by atoms with Crippen LogP contribution in [-0.4, -0.2) is 24.0 Å². The van der Waals surface area contributed by atoms with Gasteiger partial charge in [0.15, 0.2) is 5.78 Å². The zero-order chi connectivity index (χ0) is 18.4. The first-order valence-corrected chi connectivity index (χ1v) is 8.26. The molecule has 0 saturated heterocycles. The van der Waals surface area contributed by atoms with Gasteiger partial charge in [0.1, 0.15) is 5.75 Å². The van der Waals surface area contributed by atoms with Gasteiger partial charge in [0.25, 0.3) is 0 Å². The Morgan fingerprint density at radius 1 is 1.08 bits per heavy atom. The van der Waals surface area contributed by atoms with E-state index in [0.29, 0.717) is 33.7 Å². The number of allylic oxidation sites excluding steroid dienone is 2. The van der Waals surface area contributed by atoms with Crippen molar-refractivity contribution in [2.24, 2.45) is 0 Å². The van der Waals surface area contributed by atoms with Crippen molar-refractivity contribution in [3.63, 3.8) is 0 Å². The summed E-state index contributed by atoms with van der Waals surface area (Å²) >= 11 is 0. The Hall–Kier alpha value is -3.34. The molecule has 2 aromatic rings. The standard InChI is InChI=1S/C21H17NO4/c1-11-16(21(25)26-2)17(14-9-5-6-10-15(14)23)18-19(22-11)12-7-3-4-8-13(12)20(18)24/h3-10,17,22-23H,1-2H3/t17-/m0/s1. The van der Waals surface area contributed by atoms with Crippen LogP contribution in [0.5, 0.6) is 5.75 Å². The number of Topliss-reactive ketones (excluding diaryl/α,β-unsaturated/α-hetero) is 1. The molecule has 0 bridgehead atoms. The van der Waals surface area contributed by atoms with Crippen molar-refractivity contribution >= 4 is 17.4 Å². The molecule has 2 N–H and O–H groups in total. The lowest BCUT2D eigenvalue weighted by atomic mass is 9.79. The topological polar surface area (TPSA) is 75.6 Å². The quantitative estimate of drug-likeness (QED) is 0.817. The van der Waals surface area contributed by atoms with Gasteiger partial charge in [-0.2, -0.15) is 0 Å². The Morgan fingerprint density at radius 3 is 2.42 bits per heavy atom. The van der Waals surface area contributed by atoms with E-state index in [4.69, 9.17) is 4.74 Å².